The third-order valence-electron chi connectivity index (χ3n) is 4.96. The van der Waals surface area contributed by atoms with Crippen LogP contribution in [-0.4, -0.2) is 67.8 Å². The van der Waals surface area contributed by atoms with Crippen LogP contribution in [0.3, 0.4) is 0 Å². The van der Waals surface area contributed by atoms with E-state index in [2.05, 4.69) is 27.2 Å². The van der Waals surface area contributed by atoms with Gasteiger partial charge in [0, 0.05) is 38.8 Å². The van der Waals surface area contributed by atoms with Crippen LogP contribution in [-0.2, 0) is 11.3 Å². The first-order chi connectivity index (χ1) is 13.5. The summed E-state index contributed by atoms with van der Waals surface area (Å²) in [4.78, 5) is 16.7. The van der Waals surface area contributed by atoms with E-state index in [1.165, 1.54) is 11.1 Å². The van der Waals surface area contributed by atoms with E-state index in [0.717, 1.165) is 44.2 Å². The van der Waals surface area contributed by atoms with Gasteiger partial charge in [0.25, 0.3) is 0 Å². The zero-order valence-corrected chi connectivity index (χ0v) is 16.9. The largest absolute Gasteiger partial charge is 0.493 e. The molecule has 8 nitrogen and oxygen atoms in total. The Hall–Kier alpha value is -2.58. The Morgan fingerprint density at radius 2 is 1.71 bits per heavy atom. The monoisotopic (exact) mass is 388 g/mol. The Kier molecular flexibility index (Phi) is 6.53. The fraction of sp³-hybridized carbons (Fsp3) is 0.500. The van der Waals surface area contributed by atoms with Gasteiger partial charge >= 0.3 is 0 Å². The molecule has 152 valence electrons. The number of hydrogen-bond acceptors (Lipinski definition) is 7. The van der Waals surface area contributed by atoms with E-state index in [0.29, 0.717) is 18.1 Å². The van der Waals surface area contributed by atoms with Gasteiger partial charge in [-0.15, -0.1) is 0 Å². The van der Waals surface area contributed by atoms with Crippen LogP contribution in [0.15, 0.2) is 22.7 Å². The van der Waals surface area contributed by atoms with Crippen LogP contribution in [0.5, 0.6) is 11.5 Å². The molecule has 2 aromatic rings. The lowest BCUT2D eigenvalue weighted by Crippen LogP contribution is -2.48. The van der Waals surface area contributed by atoms with Crippen molar-refractivity contribution in [2.45, 2.75) is 20.4 Å². The molecule has 1 aromatic heterocycles. The van der Waals surface area contributed by atoms with Crippen LogP contribution in [0, 0.1) is 13.8 Å². The fourth-order valence-corrected chi connectivity index (χ4v) is 3.35. The van der Waals surface area contributed by atoms with Gasteiger partial charge in [-0.05, 0) is 37.1 Å². The fourth-order valence-electron chi connectivity index (χ4n) is 3.35. The number of methoxy groups -OCH3 is 2. The maximum Gasteiger partial charge on any atom is 0.239 e. The van der Waals surface area contributed by atoms with Crippen molar-refractivity contribution >= 4 is 11.7 Å². The molecule has 1 amide bonds. The van der Waals surface area contributed by atoms with Crippen molar-refractivity contribution < 1.29 is 18.8 Å². The summed E-state index contributed by atoms with van der Waals surface area (Å²) in [6.07, 6.45) is 0. The second-order valence-corrected chi connectivity index (χ2v) is 7.06. The molecule has 1 aliphatic rings. The van der Waals surface area contributed by atoms with Gasteiger partial charge in [0.1, 0.15) is 5.76 Å². The Balaban J connectivity index is 1.49. The number of carbonyl (C=O) groups excluding carboxylic acids is 1. The minimum atomic E-state index is -0.0718. The average molecular weight is 388 g/mol. The quantitative estimate of drug-likeness (QED) is 0.778. The number of carbonyl (C=O) groups is 1. The van der Waals surface area contributed by atoms with Gasteiger partial charge in [-0.25, -0.2) is 0 Å². The van der Waals surface area contributed by atoms with E-state index in [4.69, 9.17) is 14.0 Å². The van der Waals surface area contributed by atoms with Crippen LogP contribution in [0.25, 0.3) is 0 Å². The molecule has 1 aromatic carbocycles. The van der Waals surface area contributed by atoms with Crippen molar-refractivity contribution in [1.82, 2.24) is 15.0 Å². The highest BCUT2D eigenvalue weighted by Crippen LogP contribution is 2.30. The van der Waals surface area contributed by atoms with Gasteiger partial charge < -0.3 is 19.3 Å². The van der Waals surface area contributed by atoms with Crippen molar-refractivity contribution in [3.05, 3.63) is 35.1 Å². The number of amides is 1. The lowest BCUT2D eigenvalue weighted by atomic mass is 10.1. The Morgan fingerprint density at radius 3 is 2.32 bits per heavy atom. The molecular formula is C20H28N4O4. The Morgan fingerprint density at radius 1 is 1.07 bits per heavy atom. The zero-order valence-electron chi connectivity index (χ0n) is 16.9. The molecule has 1 fully saturated rings. The molecule has 0 saturated carbocycles. The number of hydrogen-bond donors (Lipinski definition) is 1. The highest BCUT2D eigenvalue weighted by Gasteiger charge is 2.20. The second-order valence-electron chi connectivity index (χ2n) is 7.06. The minimum Gasteiger partial charge on any atom is -0.493 e. The van der Waals surface area contributed by atoms with Gasteiger partial charge in [-0.2, -0.15) is 0 Å². The first kappa shape index (κ1) is 20.2. The zero-order chi connectivity index (χ0) is 20.1. The molecular weight excluding hydrogens is 360 g/mol. The van der Waals surface area contributed by atoms with Gasteiger partial charge in [0.05, 0.1) is 20.8 Å². The van der Waals surface area contributed by atoms with Crippen molar-refractivity contribution in [3.8, 4) is 11.5 Å². The van der Waals surface area contributed by atoms with Crippen LogP contribution in [0.4, 0.5) is 5.82 Å². The predicted molar refractivity (Wildman–Crippen MR) is 106 cm³/mol. The number of piperazine rings is 1. The molecule has 2 heterocycles. The average Bonchev–Trinajstić information content (AvgIpc) is 3.09. The van der Waals surface area contributed by atoms with Gasteiger partial charge in [0.2, 0.25) is 5.91 Å². The molecule has 1 N–H and O–H groups in total. The predicted octanol–water partition coefficient (Wildman–Crippen LogP) is 2.06. The number of ether oxygens (including phenoxy) is 2. The van der Waals surface area contributed by atoms with Gasteiger partial charge in [-0.1, -0.05) is 5.16 Å². The summed E-state index contributed by atoms with van der Waals surface area (Å²) in [7, 11) is 3.30. The van der Waals surface area contributed by atoms with Crippen LogP contribution >= 0.6 is 0 Å². The minimum absolute atomic E-state index is 0.0718. The Bertz CT molecular complexity index is 813. The van der Waals surface area contributed by atoms with Crippen molar-refractivity contribution in [2.24, 2.45) is 0 Å². The van der Waals surface area contributed by atoms with Crippen LogP contribution in [0.1, 0.15) is 16.9 Å². The molecule has 0 bridgehead atoms. The summed E-state index contributed by atoms with van der Waals surface area (Å²) in [5.74, 6) is 2.57. The topological polar surface area (TPSA) is 80.1 Å². The van der Waals surface area contributed by atoms with E-state index in [1.54, 1.807) is 27.2 Å². The van der Waals surface area contributed by atoms with E-state index in [9.17, 15) is 4.79 Å². The molecule has 0 spiro atoms. The normalized spacial score (nSPS) is 15.4. The number of nitrogens with one attached hydrogen (secondary N) is 1. The second kappa shape index (κ2) is 9.07. The number of aryl methyl sites for hydroxylation is 2. The number of rotatable bonds is 7. The highest BCUT2D eigenvalue weighted by molar-refractivity contribution is 5.91. The summed E-state index contributed by atoms with van der Waals surface area (Å²) in [5, 5.41) is 6.56. The standard InChI is InChI=1S/C20H28N4O4/c1-14-9-17(26-3)18(27-4)11-16(14)12-23-5-7-24(8-6-23)13-20(25)21-19-10-15(2)28-22-19/h9-11H,5-8,12-13H2,1-4H3,(H,21,22,25). The summed E-state index contributed by atoms with van der Waals surface area (Å²) in [5.41, 5.74) is 2.41. The van der Waals surface area contributed by atoms with Crippen LogP contribution < -0.4 is 14.8 Å². The first-order valence-electron chi connectivity index (χ1n) is 9.38. The molecule has 28 heavy (non-hydrogen) atoms. The summed E-state index contributed by atoms with van der Waals surface area (Å²) < 4.78 is 15.8. The molecule has 3 rings (SSSR count). The molecule has 0 atom stereocenters. The smallest absolute Gasteiger partial charge is 0.239 e. The summed E-state index contributed by atoms with van der Waals surface area (Å²) in [6.45, 7) is 8.59. The molecule has 0 unspecified atom stereocenters. The number of anilines is 1. The first-order valence-corrected chi connectivity index (χ1v) is 9.38. The summed E-state index contributed by atoms with van der Waals surface area (Å²) >= 11 is 0. The van der Waals surface area contributed by atoms with E-state index >= 15 is 0 Å². The number of benzene rings is 1. The van der Waals surface area contributed by atoms with E-state index < -0.39 is 0 Å². The maximum atomic E-state index is 12.2. The molecule has 1 saturated heterocycles. The SMILES string of the molecule is COc1cc(C)c(CN2CCN(CC(=O)Nc3cc(C)on3)CC2)cc1OC. The third kappa shape index (κ3) is 5.02. The lowest BCUT2D eigenvalue weighted by molar-refractivity contribution is -0.117. The molecule has 1 aliphatic heterocycles. The number of aromatic nitrogens is 1. The molecule has 8 heteroatoms. The number of nitrogens with zero attached hydrogens (tertiary/aromatic N) is 3. The lowest BCUT2D eigenvalue weighted by Gasteiger charge is -2.34. The summed E-state index contributed by atoms with van der Waals surface area (Å²) in [6, 6.07) is 5.77. The van der Waals surface area contributed by atoms with Crippen molar-refractivity contribution in [2.75, 3.05) is 52.3 Å². The van der Waals surface area contributed by atoms with Gasteiger partial charge in [0.15, 0.2) is 17.3 Å². The molecule has 0 aliphatic carbocycles. The van der Waals surface area contributed by atoms with E-state index in [-0.39, 0.29) is 5.91 Å². The molecule has 0 radical (unpaired) electrons. The van der Waals surface area contributed by atoms with Crippen molar-refractivity contribution in [1.29, 1.82) is 0 Å². The Labute approximate surface area is 165 Å². The third-order valence-corrected chi connectivity index (χ3v) is 4.96. The van der Waals surface area contributed by atoms with Crippen LogP contribution in [0.2, 0.25) is 0 Å². The van der Waals surface area contributed by atoms with Crippen molar-refractivity contribution in [3.63, 3.8) is 0 Å². The van der Waals surface area contributed by atoms with E-state index in [1.807, 2.05) is 12.1 Å². The maximum absolute atomic E-state index is 12.2. The van der Waals surface area contributed by atoms with Gasteiger partial charge in [-0.3, -0.25) is 14.6 Å². The highest BCUT2D eigenvalue weighted by atomic mass is 16.5.